The zero-order valence-corrected chi connectivity index (χ0v) is 11.8. The maximum absolute atomic E-state index is 10.1. The Bertz CT molecular complexity index is 599. The van der Waals surface area contributed by atoms with Gasteiger partial charge in [0, 0.05) is 11.9 Å². The summed E-state index contributed by atoms with van der Waals surface area (Å²) in [6, 6.07) is 7.62. The van der Waals surface area contributed by atoms with Gasteiger partial charge in [0.05, 0.1) is 22.5 Å². The Morgan fingerprint density at radius 3 is 2.79 bits per heavy atom. The van der Waals surface area contributed by atoms with Crippen molar-refractivity contribution in [2.45, 2.75) is 25.9 Å². The van der Waals surface area contributed by atoms with Gasteiger partial charge in [-0.3, -0.25) is 0 Å². The predicted octanol–water partition coefficient (Wildman–Crippen LogP) is 3.04. The number of nitrogens with two attached hydrogens (primary N) is 1. The quantitative estimate of drug-likeness (QED) is 0.752. The van der Waals surface area contributed by atoms with Crippen LogP contribution in [0.2, 0.25) is 5.15 Å². The van der Waals surface area contributed by atoms with Gasteiger partial charge in [-0.05, 0) is 19.4 Å². The van der Waals surface area contributed by atoms with Gasteiger partial charge in [-0.15, -0.1) is 0 Å². The number of rotatable bonds is 4. The number of benzene rings is 1. The molecule has 5 heteroatoms. The van der Waals surface area contributed by atoms with Crippen LogP contribution in [0.15, 0.2) is 24.3 Å². The number of aliphatic hydroxyl groups is 1. The standard InChI is InChI=1S/C14H18ClN3O/c1-3-14(2,19)8-17-12-9-6-4-5-7-10(9)18-13(15)11(12)16/h4-7,19H,3,8,16H2,1-2H3,(H,17,18). The Morgan fingerprint density at radius 1 is 1.42 bits per heavy atom. The van der Waals surface area contributed by atoms with E-state index in [2.05, 4.69) is 10.3 Å². The van der Waals surface area contributed by atoms with Crippen LogP contribution in [0.3, 0.4) is 0 Å². The fourth-order valence-corrected chi connectivity index (χ4v) is 1.98. The summed E-state index contributed by atoms with van der Waals surface area (Å²) in [5.74, 6) is 0. The Morgan fingerprint density at radius 2 is 2.11 bits per heavy atom. The SMILES string of the molecule is CCC(C)(O)CNc1c(N)c(Cl)nc2ccccc12. The van der Waals surface area contributed by atoms with Crippen LogP contribution in [0, 0.1) is 0 Å². The molecular weight excluding hydrogens is 262 g/mol. The fourth-order valence-electron chi connectivity index (χ4n) is 1.79. The lowest BCUT2D eigenvalue weighted by atomic mass is 10.0. The molecule has 0 amide bonds. The molecule has 1 aromatic heterocycles. The molecule has 0 fully saturated rings. The normalized spacial score (nSPS) is 14.3. The van der Waals surface area contributed by atoms with Gasteiger partial charge < -0.3 is 16.2 Å². The summed E-state index contributed by atoms with van der Waals surface area (Å²) >= 11 is 6.04. The van der Waals surface area contributed by atoms with Gasteiger partial charge in [-0.2, -0.15) is 0 Å². The minimum absolute atomic E-state index is 0.275. The van der Waals surface area contributed by atoms with E-state index in [9.17, 15) is 5.11 Å². The number of aromatic nitrogens is 1. The Hall–Kier alpha value is -1.52. The van der Waals surface area contributed by atoms with Crippen LogP contribution in [0.25, 0.3) is 10.9 Å². The third-order valence-electron chi connectivity index (χ3n) is 3.29. The average Bonchev–Trinajstić information content (AvgIpc) is 2.39. The molecule has 0 saturated carbocycles. The molecule has 2 rings (SSSR count). The van der Waals surface area contributed by atoms with Gasteiger partial charge in [0.2, 0.25) is 0 Å². The Kier molecular flexibility index (Phi) is 3.83. The summed E-state index contributed by atoms with van der Waals surface area (Å²) in [5, 5.41) is 14.4. The van der Waals surface area contributed by atoms with E-state index in [0.29, 0.717) is 18.7 Å². The number of hydrogen-bond acceptors (Lipinski definition) is 4. The third-order valence-corrected chi connectivity index (χ3v) is 3.58. The highest BCUT2D eigenvalue weighted by Gasteiger charge is 2.19. The summed E-state index contributed by atoms with van der Waals surface area (Å²) in [4.78, 5) is 4.24. The monoisotopic (exact) mass is 279 g/mol. The number of para-hydroxylation sites is 1. The molecule has 0 spiro atoms. The topological polar surface area (TPSA) is 71.2 Å². The lowest BCUT2D eigenvalue weighted by molar-refractivity contribution is 0.0698. The molecule has 1 atom stereocenters. The van der Waals surface area contributed by atoms with Gasteiger partial charge in [0.1, 0.15) is 0 Å². The molecule has 0 aliphatic carbocycles. The lowest BCUT2D eigenvalue weighted by Crippen LogP contribution is -2.32. The van der Waals surface area contributed by atoms with E-state index in [1.807, 2.05) is 31.2 Å². The van der Waals surface area contributed by atoms with Crippen LogP contribution >= 0.6 is 11.6 Å². The molecule has 19 heavy (non-hydrogen) atoms. The molecule has 1 heterocycles. The number of nitrogen functional groups attached to an aromatic ring is 1. The van der Waals surface area contributed by atoms with Crippen LogP contribution in [0.4, 0.5) is 11.4 Å². The number of halogens is 1. The number of hydrogen-bond donors (Lipinski definition) is 3. The number of pyridine rings is 1. The fraction of sp³-hybridized carbons (Fsp3) is 0.357. The molecule has 4 nitrogen and oxygen atoms in total. The summed E-state index contributed by atoms with van der Waals surface area (Å²) in [5.41, 5.74) is 7.11. The highest BCUT2D eigenvalue weighted by molar-refractivity contribution is 6.33. The summed E-state index contributed by atoms with van der Waals surface area (Å²) in [6.07, 6.45) is 0.649. The molecule has 1 unspecified atom stereocenters. The van der Waals surface area contributed by atoms with Crippen LogP contribution in [0.1, 0.15) is 20.3 Å². The van der Waals surface area contributed by atoms with Crippen molar-refractivity contribution in [3.8, 4) is 0 Å². The van der Waals surface area contributed by atoms with Gasteiger partial charge in [0.25, 0.3) is 0 Å². The molecule has 102 valence electrons. The van der Waals surface area contributed by atoms with Gasteiger partial charge >= 0.3 is 0 Å². The molecule has 0 bridgehead atoms. The van der Waals surface area contributed by atoms with Crippen molar-refractivity contribution in [3.63, 3.8) is 0 Å². The molecule has 0 radical (unpaired) electrons. The molecule has 1 aromatic carbocycles. The molecule has 0 saturated heterocycles. The van der Waals surface area contributed by atoms with Crippen LogP contribution < -0.4 is 11.1 Å². The van der Waals surface area contributed by atoms with E-state index >= 15 is 0 Å². The van der Waals surface area contributed by atoms with Crippen molar-refractivity contribution in [2.75, 3.05) is 17.6 Å². The molecular formula is C14H18ClN3O. The van der Waals surface area contributed by atoms with E-state index in [0.717, 1.165) is 16.6 Å². The summed E-state index contributed by atoms with van der Waals surface area (Å²) in [6.45, 7) is 4.11. The number of anilines is 2. The highest BCUT2D eigenvalue weighted by atomic mass is 35.5. The van der Waals surface area contributed by atoms with Crippen molar-refractivity contribution in [2.24, 2.45) is 0 Å². The van der Waals surface area contributed by atoms with Crippen molar-refractivity contribution in [3.05, 3.63) is 29.4 Å². The van der Waals surface area contributed by atoms with E-state index in [4.69, 9.17) is 17.3 Å². The Balaban J connectivity index is 2.44. The van der Waals surface area contributed by atoms with Crippen LogP contribution in [0.5, 0.6) is 0 Å². The van der Waals surface area contributed by atoms with E-state index in [1.165, 1.54) is 0 Å². The van der Waals surface area contributed by atoms with Crippen LogP contribution in [-0.2, 0) is 0 Å². The van der Waals surface area contributed by atoms with Gasteiger partial charge in [-0.25, -0.2) is 4.98 Å². The maximum Gasteiger partial charge on any atom is 0.154 e. The van der Waals surface area contributed by atoms with E-state index in [-0.39, 0.29) is 5.15 Å². The summed E-state index contributed by atoms with van der Waals surface area (Å²) in [7, 11) is 0. The second-order valence-corrected chi connectivity index (χ2v) is 5.27. The van der Waals surface area contributed by atoms with Crippen molar-refractivity contribution in [1.29, 1.82) is 0 Å². The van der Waals surface area contributed by atoms with Crippen molar-refractivity contribution < 1.29 is 5.11 Å². The zero-order valence-electron chi connectivity index (χ0n) is 11.1. The minimum atomic E-state index is -0.788. The highest BCUT2D eigenvalue weighted by Crippen LogP contribution is 2.33. The molecule has 4 N–H and O–H groups in total. The van der Waals surface area contributed by atoms with E-state index in [1.54, 1.807) is 6.92 Å². The number of fused-ring (bicyclic) bond motifs is 1. The smallest absolute Gasteiger partial charge is 0.154 e. The maximum atomic E-state index is 10.1. The van der Waals surface area contributed by atoms with E-state index < -0.39 is 5.60 Å². The molecule has 0 aliphatic heterocycles. The summed E-state index contributed by atoms with van der Waals surface area (Å²) < 4.78 is 0. The van der Waals surface area contributed by atoms with Crippen molar-refractivity contribution in [1.82, 2.24) is 4.98 Å². The number of nitrogens with zero attached hydrogens (tertiary/aromatic N) is 1. The van der Waals surface area contributed by atoms with Gasteiger partial charge in [0.15, 0.2) is 5.15 Å². The first-order chi connectivity index (χ1) is 8.94. The predicted molar refractivity (Wildman–Crippen MR) is 80.6 cm³/mol. The second kappa shape index (κ2) is 5.23. The first-order valence-corrected chi connectivity index (χ1v) is 6.62. The van der Waals surface area contributed by atoms with Crippen molar-refractivity contribution >= 4 is 33.9 Å². The van der Waals surface area contributed by atoms with Gasteiger partial charge in [-0.1, -0.05) is 36.7 Å². The average molecular weight is 280 g/mol. The second-order valence-electron chi connectivity index (χ2n) is 4.91. The Labute approximate surface area is 117 Å². The first kappa shape index (κ1) is 13.9. The van der Waals surface area contributed by atoms with Crippen LogP contribution in [-0.4, -0.2) is 22.2 Å². The largest absolute Gasteiger partial charge is 0.395 e. The first-order valence-electron chi connectivity index (χ1n) is 6.24. The lowest BCUT2D eigenvalue weighted by Gasteiger charge is -2.23. The molecule has 0 aliphatic rings. The molecule has 2 aromatic rings. The third kappa shape index (κ3) is 2.91. The minimum Gasteiger partial charge on any atom is -0.395 e. The number of nitrogens with one attached hydrogen (secondary N) is 1. The zero-order chi connectivity index (χ0) is 14.0.